The molecular weight excluding hydrogens is 318 g/mol. The van der Waals surface area contributed by atoms with Gasteiger partial charge in [0, 0.05) is 23.1 Å². The Morgan fingerprint density at radius 1 is 1.26 bits per heavy atom. The van der Waals surface area contributed by atoms with E-state index >= 15 is 0 Å². The number of rotatable bonds is 4. The molecule has 3 N–H and O–H groups in total. The molecule has 122 valence electrons. The summed E-state index contributed by atoms with van der Waals surface area (Å²) in [7, 11) is -3.08. The van der Waals surface area contributed by atoms with Crippen molar-refractivity contribution in [2.24, 2.45) is 5.92 Å². The number of carbonyl (C=O) groups excluding carboxylic acids is 2. The van der Waals surface area contributed by atoms with Crippen molar-refractivity contribution in [3.8, 4) is 0 Å². The van der Waals surface area contributed by atoms with Crippen LogP contribution in [0.15, 0.2) is 36.0 Å². The summed E-state index contributed by atoms with van der Waals surface area (Å²) in [5, 5.41) is 8.51. The molecule has 2 heterocycles. The molecule has 7 nitrogen and oxygen atoms in total. The number of sulfone groups is 1. The first-order valence-corrected chi connectivity index (χ1v) is 9.10. The molecule has 1 aromatic carbocycles. The molecule has 0 aliphatic carbocycles. The van der Waals surface area contributed by atoms with E-state index in [1.54, 1.807) is 18.2 Å². The maximum atomic E-state index is 12.1. The van der Waals surface area contributed by atoms with Crippen molar-refractivity contribution in [2.75, 3.05) is 28.7 Å². The van der Waals surface area contributed by atoms with E-state index in [0.717, 1.165) is 11.4 Å². The van der Waals surface area contributed by atoms with Crippen LogP contribution >= 0.6 is 0 Å². The SMILES string of the molecule is O=C1C=C(Nc2cccc(NC(=O)[C@H]3CCS(=O)(=O)C3)c2)CN1. The van der Waals surface area contributed by atoms with Gasteiger partial charge in [-0.2, -0.15) is 0 Å². The Morgan fingerprint density at radius 3 is 2.70 bits per heavy atom. The first kappa shape index (κ1) is 15.5. The maximum Gasteiger partial charge on any atom is 0.246 e. The highest BCUT2D eigenvalue weighted by molar-refractivity contribution is 7.91. The lowest BCUT2D eigenvalue weighted by Crippen LogP contribution is -2.23. The zero-order chi connectivity index (χ0) is 16.4. The van der Waals surface area contributed by atoms with Crippen LogP contribution in [-0.2, 0) is 19.4 Å². The predicted octanol–water partition coefficient (Wildman–Crippen LogP) is 0.485. The Bertz CT molecular complexity index is 786. The molecule has 1 aromatic rings. The molecule has 3 rings (SSSR count). The summed E-state index contributed by atoms with van der Waals surface area (Å²) in [6.07, 6.45) is 1.85. The van der Waals surface area contributed by atoms with E-state index in [4.69, 9.17) is 0 Å². The average Bonchev–Trinajstić information content (AvgIpc) is 3.05. The number of nitrogens with one attached hydrogen (secondary N) is 3. The third kappa shape index (κ3) is 3.89. The second-order valence-electron chi connectivity index (χ2n) is 5.68. The monoisotopic (exact) mass is 335 g/mol. The molecule has 1 atom stereocenters. The van der Waals surface area contributed by atoms with Gasteiger partial charge >= 0.3 is 0 Å². The largest absolute Gasteiger partial charge is 0.357 e. The molecule has 0 saturated carbocycles. The quantitative estimate of drug-likeness (QED) is 0.743. The topological polar surface area (TPSA) is 104 Å². The summed E-state index contributed by atoms with van der Waals surface area (Å²) < 4.78 is 22.9. The molecule has 1 saturated heterocycles. The van der Waals surface area contributed by atoms with Gasteiger partial charge in [-0.25, -0.2) is 8.42 Å². The van der Waals surface area contributed by atoms with Crippen molar-refractivity contribution in [2.45, 2.75) is 6.42 Å². The third-order valence-corrected chi connectivity index (χ3v) is 5.56. The van der Waals surface area contributed by atoms with E-state index in [1.807, 2.05) is 6.07 Å². The minimum absolute atomic E-state index is 0.0713. The molecule has 0 spiro atoms. The Labute approximate surface area is 134 Å². The fourth-order valence-electron chi connectivity index (χ4n) is 2.63. The van der Waals surface area contributed by atoms with Gasteiger partial charge in [0.05, 0.1) is 24.0 Å². The van der Waals surface area contributed by atoms with Crippen molar-refractivity contribution in [3.05, 3.63) is 36.0 Å². The normalized spacial score (nSPS) is 22.3. The summed E-state index contributed by atoms with van der Waals surface area (Å²) in [6, 6.07) is 7.07. The second kappa shape index (κ2) is 6.04. The van der Waals surface area contributed by atoms with Crippen LogP contribution in [0.1, 0.15) is 6.42 Å². The van der Waals surface area contributed by atoms with Crippen LogP contribution < -0.4 is 16.0 Å². The molecular formula is C15H17N3O4S. The molecule has 0 aromatic heterocycles. The van der Waals surface area contributed by atoms with Crippen LogP contribution in [0.3, 0.4) is 0 Å². The maximum absolute atomic E-state index is 12.1. The highest BCUT2D eigenvalue weighted by atomic mass is 32.2. The summed E-state index contributed by atoms with van der Waals surface area (Å²) in [4.78, 5) is 23.3. The predicted molar refractivity (Wildman–Crippen MR) is 86.5 cm³/mol. The summed E-state index contributed by atoms with van der Waals surface area (Å²) in [5.74, 6) is -0.921. The number of hydrogen-bond acceptors (Lipinski definition) is 5. The molecule has 0 radical (unpaired) electrons. The van der Waals surface area contributed by atoms with Crippen molar-refractivity contribution in [1.29, 1.82) is 0 Å². The smallest absolute Gasteiger partial charge is 0.246 e. The zero-order valence-electron chi connectivity index (χ0n) is 12.3. The van der Waals surface area contributed by atoms with Crippen molar-refractivity contribution in [1.82, 2.24) is 5.32 Å². The summed E-state index contributed by atoms with van der Waals surface area (Å²) >= 11 is 0. The molecule has 23 heavy (non-hydrogen) atoms. The lowest BCUT2D eigenvalue weighted by Gasteiger charge is -2.12. The molecule has 8 heteroatoms. The molecule has 1 fully saturated rings. The minimum Gasteiger partial charge on any atom is -0.357 e. The van der Waals surface area contributed by atoms with Crippen molar-refractivity contribution >= 4 is 33.0 Å². The first-order chi connectivity index (χ1) is 10.9. The minimum atomic E-state index is -3.08. The highest BCUT2D eigenvalue weighted by Gasteiger charge is 2.32. The number of amides is 2. The van der Waals surface area contributed by atoms with Gasteiger partial charge < -0.3 is 16.0 Å². The van der Waals surface area contributed by atoms with E-state index in [9.17, 15) is 18.0 Å². The lowest BCUT2D eigenvalue weighted by atomic mass is 10.1. The van der Waals surface area contributed by atoms with Gasteiger partial charge in [0.1, 0.15) is 0 Å². The van der Waals surface area contributed by atoms with Crippen LogP contribution in [0.25, 0.3) is 0 Å². The van der Waals surface area contributed by atoms with E-state index in [-0.39, 0.29) is 23.3 Å². The Balaban J connectivity index is 1.65. The van der Waals surface area contributed by atoms with E-state index in [0.29, 0.717) is 18.7 Å². The van der Waals surface area contributed by atoms with E-state index in [1.165, 1.54) is 6.08 Å². The number of benzene rings is 1. The average molecular weight is 335 g/mol. The van der Waals surface area contributed by atoms with Gasteiger partial charge in [-0.1, -0.05) is 6.07 Å². The lowest BCUT2D eigenvalue weighted by molar-refractivity contribution is -0.119. The fraction of sp³-hybridized carbons (Fsp3) is 0.333. The number of anilines is 2. The Hall–Kier alpha value is -2.35. The van der Waals surface area contributed by atoms with Crippen LogP contribution in [0, 0.1) is 5.92 Å². The van der Waals surface area contributed by atoms with Gasteiger partial charge in [-0.05, 0) is 24.6 Å². The van der Waals surface area contributed by atoms with Gasteiger partial charge in [-0.3, -0.25) is 9.59 Å². The summed E-state index contributed by atoms with van der Waals surface area (Å²) in [5.41, 5.74) is 2.08. The van der Waals surface area contributed by atoms with E-state index in [2.05, 4.69) is 16.0 Å². The zero-order valence-corrected chi connectivity index (χ0v) is 13.2. The molecule has 2 aliphatic heterocycles. The Kier molecular flexibility index (Phi) is 4.08. The summed E-state index contributed by atoms with van der Waals surface area (Å²) in [6.45, 7) is 0.440. The van der Waals surface area contributed by atoms with Crippen molar-refractivity contribution in [3.63, 3.8) is 0 Å². The van der Waals surface area contributed by atoms with Gasteiger partial charge in [-0.15, -0.1) is 0 Å². The molecule has 0 bridgehead atoms. The molecule has 2 amide bonds. The van der Waals surface area contributed by atoms with Gasteiger partial charge in [0.2, 0.25) is 11.8 Å². The van der Waals surface area contributed by atoms with Gasteiger partial charge in [0.25, 0.3) is 0 Å². The standard InChI is InChI=1S/C15H17N3O4S/c19-14-7-13(8-16-14)17-11-2-1-3-12(6-11)18-15(20)10-4-5-23(21,22)9-10/h1-3,6-7,10,17H,4-5,8-9H2,(H,16,19)(H,18,20)/t10-/m0/s1. The van der Waals surface area contributed by atoms with Crippen LogP contribution in [-0.4, -0.2) is 38.3 Å². The second-order valence-corrected chi connectivity index (χ2v) is 7.91. The van der Waals surface area contributed by atoms with E-state index < -0.39 is 15.8 Å². The van der Waals surface area contributed by atoms with Crippen LogP contribution in [0.5, 0.6) is 0 Å². The highest BCUT2D eigenvalue weighted by Crippen LogP contribution is 2.22. The fourth-order valence-corrected chi connectivity index (χ4v) is 4.37. The molecule has 2 aliphatic rings. The van der Waals surface area contributed by atoms with Crippen LogP contribution in [0.2, 0.25) is 0 Å². The number of carbonyl (C=O) groups is 2. The third-order valence-electron chi connectivity index (χ3n) is 3.80. The van der Waals surface area contributed by atoms with Crippen molar-refractivity contribution < 1.29 is 18.0 Å². The van der Waals surface area contributed by atoms with Gasteiger partial charge in [0.15, 0.2) is 9.84 Å². The number of hydrogen-bond donors (Lipinski definition) is 3. The van der Waals surface area contributed by atoms with Crippen LogP contribution in [0.4, 0.5) is 11.4 Å². The molecule has 0 unspecified atom stereocenters. The Morgan fingerprint density at radius 2 is 2.04 bits per heavy atom. The first-order valence-electron chi connectivity index (χ1n) is 7.28.